The lowest BCUT2D eigenvalue weighted by molar-refractivity contribution is -0.123. The first-order valence-electron chi connectivity index (χ1n) is 15.8. The van der Waals surface area contributed by atoms with Crippen LogP contribution in [0.15, 0.2) is 72.8 Å². The number of carbonyl (C=O) groups is 2. The number of hydrogen-bond donors (Lipinski definition) is 3. The number of carbonyl (C=O) groups excluding carboxylic acids is 2. The number of nitrogens with zero attached hydrogens (tertiary/aromatic N) is 2. The van der Waals surface area contributed by atoms with Crippen LogP contribution in [0.3, 0.4) is 0 Å². The van der Waals surface area contributed by atoms with Crippen LogP contribution in [0, 0.1) is 26.7 Å². The van der Waals surface area contributed by atoms with E-state index < -0.39 is 11.9 Å². The summed E-state index contributed by atoms with van der Waals surface area (Å²) in [6.45, 7) is 14.0. The molecule has 3 aromatic carbocycles. The highest BCUT2D eigenvalue weighted by Gasteiger charge is 2.33. The first-order valence-corrected chi connectivity index (χ1v) is 15.8. The highest BCUT2D eigenvalue weighted by atomic mass is 16.5. The predicted octanol–water partition coefficient (Wildman–Crippen LogP) is 7.47. The molecule has 2 amide bonds. The summed E-state index contributed by atoms with van der Waals surface area (Å²) in [7, 11) is 0. The fourth-order valence-electron chi connectivity index (χ4n) is 5.86. The van der Waals surface area contributed by atoms with Crippen LogP contribution < -0.4 is 20.7 Å². The van der Waals surface area contributed by atoms with Crippen molar-refractivity contribution in [2.75, 3.05) is 30.3 Å². The average Bonchev–Trinajstić information content (AvgIpc) is 3.44. The molecule has 0 spiro atoms. The second kappa shape index (κ2) is 13.7. The fourth-order valence-corrected chi connectivity index (χ4v) is 5.86. The number of ketones is 1. The van der Waals surface area contributed by atoms with Crippen LogP contribution in [0.5, 0.6) is 5.75 Å². The molecule has 0 aliphatic carbocycles. The maximum Gasteiger partial charge on any atom is 0.324 e. The quantitative estimate of drug-likeness (QED) is 0.183. The van der Waals surface area contributed by atoms with E-state index in [-0.39, 0.29) is 23.7 Å². The van der Waals surface area contributed by atoms with E-state index in [1.165, 1.54) is 0 Å². The summed E-state index contributed by atoms with van der Waals surface area (Å²) in [5, 5.41) is 14.3. The van der Waals surface area contributed by atoms with E-state index in [4.69, 9.17) is 9.84 Å². The van der Waals surface area contributed by atoms with E-state index in [1.807, 2.05) is 93.6 Å². The Morgan fingerprint density at radius 2 is 1.67 bits per heavy atom. The van der Waals surface area contributed by atoms with Crippen LogP contribution in [-0.4, -0.2) is 41.3 Å². The molecule has 1 atom stereocenters. The maximum absolute atomic E-state index is 14.0. The highest BCUT2D eigenvalue weighted by molar-refractivity contribution is 6.01. The van der Waals surface area contributed by atoms with Gasteiger partial charge in [-0.3, -0.25) is 10.1 Å². The minimum absolute atomic E-state index is 0.00438. The second-order valence-corrected chi connectivity index (χ2v) is 13.1. The SMILES string of the molecule is Cc1ccc(-n2nc(C(C)(C)C)cc2NC(=O)Nc2ccccc2C(C(=O)COc2cccc(C)c2C)C2CCNCC2)cc1. The highest BCUT2D eigenvalue weighted by Crippen LogP contribution is 2.37. The number of aromatic nitrogens is 2. The van der Waals surface area contributed by atoms with E-state index in [9.17, 15) is 9.59 Å². The summed E-state index contributed by atoms with van der Waals surface area (Å²) < 4.78 is 7.85. The van der Waals surface area contributed by atoms with Crippen LogP contribution in [-0.2, 0) is 10.2 Å². The van der Waals surface area contributed by atoms with Gasteiger partial charge in [0.15, 0.2) is 5.78 Å². The molecule has 2 heterocycles. The van der Waals surface area contributed by atoms with Crippen molar-refractivity contribution in [3.8, 4) is 11.4 Å². The van der Waals surface area contributed by atoms with E-state index in [0.717, 1.165) is 65.3 Å². The molecule has 3 N–H and O–H groups in total. The maximum atomic E-state index is 14.0. The molecule has 1 aliphatic heterocycles. The number of amides is 2. The van der Waals surface area contributed by atoms with Gasteiger partial charge in [0, 0.05) is 17.2 Å². The largest absolute Gasteiger partial charge is 0.486 e. The van der Waals surface area contributed by atoms with Gasteiger partial charge in [0.25, 0.3) is 0 Å². The predicted molar refractivity (Wildman–Crippen MR) is 181 cm³/mol. The van der Waals surface area contributed by atoms with Crippen LogP contribution in [0.4, 0.5) is 16.3 Å². The molecule has 1 aliphatic rings. The molecule has 0 saturated carbocycles. The molecule has 0 radical (unpaired) electrons. The summed E-state index contributed by atoms with van der Waals surface area (Å²) in [6, 6.07) is 23.0. The van der Waals surface area contributed by atoms with Gasteiger partial charge in [0.05, 0.1) is 17.3 Å². The van der Waals surface area contributed by atoms with Gasteiger partial charge >= 0.3 is 6.03 Å². The Bertz CT molecular complexity index is 1650. The van der Waals surface area contributed by atoms with Gasteiger partial charge in [-0.15, -0.1) is 0 Å². The summed E-state index contributed by atoms with van der Waals surface area (Å²) in [4.78, 5) is 27.6. The third-order valence-corrected chi connectivity index (χ3v) is 8.67. The van der Waals surface area contributed by atoms with Crippen molar-refractivity contribution in [1.82, 2.24) is 15.1 Å². The van der Waals surface area contributed by atoms with Crippen molar-refractivity contribution in [3.63, 3.8) is 0 Å². The van der Waals surface area contributed by atoms with Gasteiger partial charge in [-0.25, -0.2) is 9.48 Å². The lowest BCUT2D eigenvalue weighted by Gasteiger charge is -2.31. The van der Waals surface area contributed by atoms with Crippen molar-refractivity contribution >= 4 is 23.3 Å². The molecular formula is C37H45N5O3. The van der Waals surface area contributed by atoms with E-state index in [0.29, 0.717) is 11.5 Å². The molecule has 4 aromatic rings. The lowest BCUT2D eigenvalue weighted by atomic mass is 9.77. The van der Waals surface area contributed by atoms with Crippen molar-refractivity contribution in [1.29, 1.82) is 0 Å². The second-order valence-electron chi connectivity index (χ2n) is 13.1. The number of urea groups is 1. The average molecular weight is 608 g/mol. The Balaban J connectivity index is 1.41. The van der Waals surface area contributed by atoms with Crippen molar-refractivity contribution in [3.05, 3.63) is 101 Å². The fraction of sp³-hybridized carbons (Fsp3) is 0.378. The summed E-state index contributed by atoms with van der Waals surface area (Å²) in [6.07, 6.45) is 1.73. The van der Waals surface area contributed by atoms with Crippen LogP contribution in [0.1, 0.15) is 67.5 Å². The zero-order valence-electron chi connectivity index (χ0n) is 27.2. The topological polar surface area (TPSA) is 97.3 Å². The zero-order chi connectivity index (χ0) is 32.1. The van der Waals surface area contributed by atoms with Crippen LogP contribution in [0.2, 0.25) is 0 Å². The molecule has 8 heteroatoms. The van der Waals surface area contributed by atoms with Crippen LogP contribution >= 0.6 is 0 Å². The molecular weight excluding hydrogens is 562 g/mol. The number of hydrogen-bond acceptors (Lipinski definition) is 5. The van der Waals surface area contributed by atoms with E-state index >= 15 is 0 Å². The number of nitrogens with one attached hydrogen (secondary N) is 3. The van der Waals surface area contributed by atoms with Crippen LogP contribution in [0.25, 0.3) is 5.69 Å². The molecule has 1 aromatic heterocycles. The monoisotopic (exact) mass is 607 g/mol. The molecule has 5 rings (SSSR count). The third kappa shape index (κ3) is 7.63. The van der Waals surface area contributed by atoms with Crippen molar-refractivity contribution < 1.29 is 14.3 Å². The first-order chi connectivity index (χ1) is 21.5. The molecule has 45 heavy (non-hydrogen) atoms. The summed E-state index contributed by atoms with van der Waals surface area (Å²) in [5.41, 5.74) is 6.20. The van der Waals surface area contributed by atoms with Gasteiger partial charge in [0.2, 0.25) is 0 Å². The third-order valence-electron chi connectivity index (χ3n) is 8.67. The van der Waals surface area contributed by atoms with Gasteiger partial charge in [-0.1, -0.05) is 68.8 Å². The molecule has 1 fully saturated rings. The number of para-hydroxylation sites is 1. The minimum atomic E-state index is -0.417. The smallest absolute Gasteiger partial charge is 0.324 e. The van der Waals surface area contributed by atoms with E-state index in [2.05, 4.69) is 36.7 Å². The Labute approximate surface area is 266 Å². The molecule has 8 nitrogen and oxygen atoms in total. The Hall–Kier alpha value is -4.43. The minimum Gasteiger partial charge on any atom is -0.486 e. The number of Topliss-reactive ketones (excluding diaryl/α,β-unsaturated/α-hetero) is 1. The van der Waals surface area contributed by atoms with Gasteiger partial charge in [-0.2, -0.15) is 5.10 Å². The van der Waals surface area contributed by atoms with Gasteiger partial charge < -0.3 is 15.4 Å². The number of rotatable bonds is 9. The first kappa shape index (κ1) is 32.0. The van der Waals surface area contributed by atoms with Gasteiger partial charge in [0.1, 0.15) is 18.2 Å². The number of aryl methyl sites for hydroxylation is 2. The number of anilines is 2. The van der Waals surface area contributed by atoms with Crippen molar-refractivity contribution in [2.45, 2.75) is 65.7 Å². The number of ether oxygens (including phenoxy) is 1. The summed E-state index contributed by atoms with van der Waals surface area (Å²) >= 11 is 0. The zero-order valence-corrected chi connectivity index (χ0v) is 27.2. The van der Waals surface area contributed by atoms with E-state index in [1.54, 1.807) is 4.68 Å². The Morgan fingerprint density at radius 1 is 0.956 bits per heavy atom. The normalized spacial score (nSPS) is 14.5. The molecule has 236 valence electrons. The number of benzene rings is 3. The molecule has 0 bridgehead atoms. The Morgan fingerprint density at radius 3 is 2.38 bits per heavy atom. The standard InChI is InChI=1S/C37H45N5O3/c1-24-14-16-28(17-15-24)42-34(22-33(41-42)37(4,5)6)40-36(44)39-30-12-8-7-11-29(30)35(27-18-20-38-21-19-27)31(43)23-45-32-13-9-10-25(2)26(32)3/h7-17,22,27,35,38H,18-21,23H2,1-6H3,(H2,39,40,44). The number of piperidine rings is 1. The lowest BCUT2D eigenvalue weighted by Crippen LogP contribution is -2.35. The molecule has 1 saturated heterocycles. The van der Waals surface area contributed by atoms with Gasteiger partial charge in [-0.05, 0) is 93.6 Å². The van der Waals surface area contributed by atoms with Crippen molar-refractivity contribution in [2.24, 2.45) is 5.92 Å². The Kier molecular flexibility index (Phi) is 9.73. The molecule has 1 unspecified atom stereocenters. The summed E-state index contributed by atoms with van der Waals surface area (Å²) in [5.74, 6) is 0.998.